The van der Waals surface area contributed by atoms with Crippen molar-refractivity contribution < 1.29 is 9.57 Å². The van der Waals surface area contributed by atoms with E-state index in [1.165, 1.54) is 64.7 Å². The van der Waals surface area contributed by atoms with Gasteiger partial charge in [0.15, 0.2) is 6.61 Å². The first-order valence-corrected chi connectivity index (χ1v) is 8.66. The van der Waals surface area contributed by atoms with Crippen molar-refractivity contribution in [3.05, 3.63) is 0 Å². The van der Waals surface area contributed by atoms with Gasteiger partial charge in [-0.15, -0.1) is 0 Å². The summed E-state index contributed by atoms with van der Waals surface area (Å²) < 4.78 is 6.31. The van der Waals surface area contributed by atoms with E-state index in [4.69, 9.17) is 9.57 Å². The van der Waals surface area contributed by atoms with Crippen molar-refractivity contribution >= 4 is 5.90 Å². The summed E-state index contributed by atoms with van der Waals surface area (Å²) in [5.74, 6) is 0.901. The van der Waals surface area contributed by atoms with E-state index in [9.17, 15) is 0 Å². The fourth-order valence-corrected chi connectivity index (χ4v) is 4.41. The predicted molar refractivity (Wildman–Crippen MR) is 81.3 cm³/mol. The smallest absolute Gasteiger partial charge is 0.233 e. The van der Waals surface area contributed by atoms with Crippen LogP contribution in [0.4, 0.5) is 0 Å². The molecular formula is C16H27N3O2. The van der Waals surface area contributed by atoms with Crippen LogP contribution in [-0.2, 0) is 9.57 Å². The van der Waals surface area contributed by atoms with Crippen LogP contribution in [0.5, 0.6) is 0 Å². The Morgan fingerprint density at radius 1 is 1.05 bits per heavy atom. The van der Waals surface area contributed by atoms with E-state index in [0.29, 0.717) is 6.61 Å². The van der Waals surface area contributed by atoms with Crippen LogP contribution in [0, 0.1) is 5.41 Å². The third-order valence-corrected chi connectivity index (χ3v) is 5.61. The van der Waals surface area contributed by atoms with Crippen LogP contribution in [0.25, 0.3) is 0 Å². The Labute approximate surface area is 127 Å². The molecule has 0 aromatic heterocycles. The quantitative estimate of drug-likeness (QED) is 0.793. The minimum Gasteiger partial charge on any atom is -0.470 e. The van der Waals surface area contributed by atoms with Crippen molar-refractivity contribution in [3.63, 3.8) is 0 Å². The lowest BCUT2D eigenvalue weighted by Gasteiger charge is -2.38. The molecule has 4 aliphatic rings. The molecule has 2 bridgehead atoms. The molecule has 4 heterocycles. The van der Waals surface area contributed by atoms with Gasteiger partial charge in [0.2, 0.25) is 5.90 Å². The Morgan fingerprint density at radius 3 is 2.86 bits per heavy atom. The number of nitrogens with zero attached hydrogens (tertiary/aromatic N) is 3. The molecule has 4 rings (SSSR count). The van der Waals surface area contributed by atoms with Gasteiger partial charge in [-0.3, -0.25) is 4.90 Å². The Morgan fingerprint density at radius 2 is 1.95 bits per heavy atom. The van der Waals surface area contributed by atoms with Gasteiger partial charge in [-0.25, -0.2) is 0 Å². The van der Waals surface area contributed by atoms with Crippen LogP contribution in [0.1, 0.15) is 38.5 Å². The number of ether oxygens (including phenoxy) is 1. The van der Waals surface area contributed by atoms with Crippen molar-refractivity contribution in [2.75, 3.05) is 45.9 Å². The molecule has 118 valence electrons. The lowest BCUT2D eigenvalue weighted by atomic mass is 9.80. The van der Waals surface area contributed by atoms with Gasteiger partial charge in [-0.05, 0) is 58.3 Å². The maximum atomic E-state index is 6.31. The van der Waals surface area contributed by atoms with Crippen molar-refractivity contribution in [1.29, 1.82) is 0 Å². The summed E-state index contributed by atoms with van der Waals surface area (Å²) in [6, 6.07) is 0. The van der Waals surface area contributed by atoms with Gasteiger partial charge in [0.1, 0.15) is 6.10 Å². The molecule has 5 heteroatoms. The average molecular weight is 293 g/mol. The summed E-state index contributed by atoms with van der Waals surface area (Å²) in [5.41, 5.74) is 0.152. The first-order valence-electron chi connectivity index (χ1n) is 8.66. The molecule has 0 aromatic carbocycles. The highest BCUT2D eigenvalue weighted by Crippen LogP contribution is 2.41. The number of hydrogen-bond donors (Lipinski definition) is 0. The molecule has 3 unspecified atom stereocenters. The molecule has 3 fully saturated rings. The Bertz CT molecular complexity index is 404. The second-order valence-corrected chi connectivity index (χ2v) is 7.20. The lowest BCUT2D eigenvalue weighted by Crippen LogP contribution is -2.47. The number of oxime groups is 1. The van der Waals surface area contributed by atoms with Crippen molar-refractivity contribution in [2.45, 2.75) is 44.6 Å². The summed E-state index contributed by atoms with van der Waals surface area (Å²) in [4.78, 5) is 10.6. The highest BCUT2D eigenvalue weighted by Gasteiger charge is 2.48. The number of piperidine rings is 2. The molecule has 0 radical (unpaired) electrons. The lowest BCUT2D eigenvalue weighted by molar-refractivity contribution is -0.0232. The minimum atomic E-state index is 0.152. The topological polar surface area (TPSA) is 37.3 Å². The van der Waals surface area contributed by atoms with Gasteiger partial charge in [-0.1, -0.05) is 11.6 Å². The highest BCUT2D eigenvalue weighted by atomic mass is 16.7. The molecule has 3 saturated heterocycles. The molecule has 5 nitrogen and oxygen atoms in total. The van der Waals surface area contributed by atoms with Crippen molar-refractivity contribution in [1.82, 2.24) is 9.80 Å². The van der Waals surface area contributed by atoms with Crippen LogP contribution >= 0.6 is 0 Å². The molecule has 0 aromatic rings. The highest BCUT2D eigenvalue weighted by molar-refractivity contribution is 5.83. The SMILES string of the molecule is C1CCN(CC2CON=C(C34CCCN(CC3)C4)O2)CC1. The zero-order chi connectivity index (χ0) is 14.1. The van der Waals surface area contributed by atoms with Gasteiger partial charge in [0, 0.05) is 13.1 Å². The maximum Gasteiger partial charge on any atom is 0.233 e. The largest absolute Gasteiger partial charge is 0.470 e. The van der Waals surface area contributed by atoms with Gasteiger partial charge in [0.25, 0.3) is 0 Å². The molecule has 3 atom stereocenters. The average Bonchev–Trinajstić information content (AvgIpc) is 2.84. The zero-order valence-corrected chi connectivity index (χ0v) is 12.9. The number of fused-ring (bicyclic) bond motifs is 2. The van der Waals surface area contributed by atoms with E-state index in [2.05, 4.69) is 15.0 Å². The maximum absolute atomic E-state index is 6.31. The third-order valence-electron chi connectivity index (χ3n) is 5.61. The van der Waals surface area contributed by atoms with E-state index < -0.39 is 0 Å². The van der Waals surface area contributed by atoms with Crippen LogP contribution < -0.4 is 0 Å². The third kappa shape index (κ3) is 2.78. The Balaban J connectivity index is 1.39. The van der Waals surface area contributed by atoms with Crippen molar-refractivity contribution in [2.24, 2.45) is 10.6 Å². The molecule has 0 aliphatic carbocycles. The fraction of sp³-hybridized carbons (Fsp3) is 0.938. The van der Waals surface area contributed by atoms with E-state index in [1.54, 1.807) is 0 Å². The number of hydrogen-bond acceptors (Lipinski definition) is 5. The summed E-state index contributed by atoms with van der Waals surface area (Å²) in [6.07, 6.45) is 7.86. The molecule has 0 N–H and O–H groups in total. The first kappa shape index (κ1) is 13.8. The Kier molecular flexibility index (Phi) is 3.79. The molecule has 0 spiro atoms. The number of likely N-dealkylation sites (tertiary alicyclic amines) is 1. The molecule has 21 heavy (non-hydrogen) atoms. The van der Waals surface area contributed by atoms with Gasteiger partial charge in [-0.2, -0.15) is 0 Å². The summed E-state index contributed by atoms with van der Waals surface area (Å²) >= 11 is 0. The van der Waals surface area contributed by atoms with Crippen LogP contribution in [0.2, 0.25) is 0 Å². The van der Waals surface area contributed by atoms with E-state index >= 15 is 0 Å². The fourth-order valence-electron chi connectivity index (χ4n) is 4.41. The Hall–Kier alpha value is -0.810. The standard InChI is InChI=1S/C16H27N3O2/c1-2-7-18(8-3-1)11-14-12-20-17-15(21-14)16-5-4-9-19(13-16)10-6-16/h14H,1-13H2. The van der Waals surface area contributed by atoms with E-state index in [1.807, 2.05) is 0 Å². The van der Waals surface area contributed by atoms with Gasteiger partial charge < -0.3 is 14.5 Å². The van der Waals surface area contributed by atoms with Crippen molar-refractivity contribution in [3.8, 4) is 0 Å². The van der Waals surface area contributed by atoms with Crippen LogP contribution in [0.3, 0.4) is 0 Å². The normalized spacial score (nSPS) is 40.3. The van der Waals surface area contributed by atoms with E-state index in [0.717, 1.165) is 19.0 Å². The summed E-state index contributed by atoms with van der Waals surface area (Å²) in [6.45, 7) is 7.59. The van der Waals surface area contributed by atoms with Crippen LogP contribution in [-0.4, -0.2) is 67.7 Å². The predicted octanol–water partition coefficient (Wildman–Crippen LogP) is 1.69. The van der Waals surface area contributed by atoms with Gasteiger partial charge in [0.05, 0.1) is 5.41 Å². The monoisotopic (exact) mass is 293 g/mol. The first-order chi connectivity index (χ1) is 10.3. The summed E-state index contributed by atoms with van der Waals surface area (Å²) in [5, 5.41) is 4.32. The number of rotatable bonds is 3. The molecule has 4 aliphatic heterocycles. The van der Waals surface area contributed by atoms with Crippen LogP contribution in [0.15, 0.2) is 5.16 Å². The van der Waals surface area contributed by atoms with Gasteiger partial charge >= 0.3 is 0 Å². The second-order valence-electron chi connectivity index (χ2n) is 7.20. The summed E-state index contributed by atoms with van der Waals surface area (Å²) in [7, 11) is 0. The zero-order valence-electron chi connectivity index (χ0n) is 12.9. The minimum absolute atomic E-state index is 0.152. The second kappa shape index (κ2) is 5.76. The molecular weight excluding hydrogens is 266 g/mol. The molecule has 0 saturated carbocycles. The molecule has 0 amide bonds. The van der Waals surface area contributed by atoms with E-state index in [-0.39, 0.29) is 11.5 Å².